The van der Waals surface area contributed by atoms with E-state index in [1.54, 1.807) is 7.11 Å². The van der Waals surface area contributed by atoms with Gasteiger partial charge in [-0.1, -0.05) is 26.8 Å². The minimum absolute atomic E-state index is 0.233. The molecule has 1 aromatic carbocycles. The smallest absolute Gasteiger partial charge is 0.205 e. The van der Waals surface area contributed by atoms with Gasteiger partial charge >= 0.3 is 0 Å². The van der Waals surface area contributed by atoms with Gasteiger partial charge in [-0.05, 0) is 61.2 Å². The SMILES string of the molecule is COc1ccc2c(c1)CCNC2[C@@H](CC(C)(C)C)O[Si](C)C. The van der Waals surface area contributed by atoms with Gasteiger partial charge in [-0.15, -0.1) is 0 Å². The first-order valence-corrected chi connectivity index (χ1v) is 10.6. The lowest BCUT2D eigenvalue weighted by atomic mass is 9.82. The number of hydrogen-bond acceptors (Lipinski definition) is 3. The highest BCUT2D eigenvalue weighted by molar-refractivity contribution is 6.48. The molecule has 1 radical (unpaired) electrons. The zero-order chi connectivity index (χ0) is 16.3. The molecule has 0 saturated heterocycles. The van der Waals surface area contributed by atoms with Crippen LogP contribution in [0.15, 0.2) is 18.2 Å². The number of methoxy groups -OCH3 is 1. The molecule has 123 valence electrons. The van der Waals surface area contributed by atoms with Gasteiger partial charge < -0.3 is 14.5 Å². The number of fused-ring (bicyclic) bond motifs is 1. The molecule has 22 heavy (non-hydrogen) atoms. The maximum absolute atomic E-state index is 6.39. The van der Waals surface area contributed by atoms with Crippen LogP contribution in [0.2, 0.25) is 13.1 Å². The van der Waals surface area contributed by atoms with Gasteiger partial charge in [0.25, 0.3) is 0 Å². The van der Waals surface area contributed by atoms with Gasteiger partial charge in [-0.2, -0.15) is 0 Å². The Balaban J connectivity index is 2.29. The number of rotatable bonds is 5. The van der Waals surface area contributed by atoms with Crippen LogP contribution in [-0.4, -0.2) is 28.8 Å². The number of ether oxygens (including phenoxy) is 1. The first kappa shape index (κ1) is 17.5. The van der Waals surface area contributed by atoms with Gasteiger partial charge in [0.1, 0.15) is 5.75 Å². The molecule has 0 fully saturated rings. The largest absolute Gasteiger partial charge is 0.497 e. The van der Waals surface area contributed by atoms with Crippen molar-refractivity contribution >= 4 is 9.04 Å². The Hall–Kier alpha value is -0.843. The average Bonchev–Trinajstić information content (AvgIpc) is 2.43. The number of benzene rings is 1. The topological polar surface area (TPSA) is 30.5 Å². The standard InChI is InChI=1S/C18H30NO2Si/c1-18(2,3)12-16(21-22(5)6)17-15-8-7-14(20-4)11-13(15)9-10-19-17/h7-8,11,16-17,19H,9-10,12H2,1-6H3/t16-,17?/m1/s1. The van der Waals surface area contributed by atoms with Crippen molar-refractivity contribution < 1.29 is 9.16 Å². The molecule has 3 nitrogen and oxygen atoms in total. The van der Waals surface area contributed by atoms with Gasteiger partial charge in [-0.3, -0.25) is 0 Å². The molecule has 0 aliphatic carbocycles. The zero-order valence-electron chi connectivity index (χ0n) is 14.8. The molecule has 1 N–H and O–H groups in total. The highest BCUT2D eigenvalue weighted by Gasteiger charge is 2.32. The molecule has 0 spiro atoms. The van der Waals surface area contributed by atoms with E-state index in [4.69, 9.17) is 9.16 Å². The van der Waals surface area contributed by atoms with E-state index in [9.17, 15) is 0 Å². The normalized spacial score (nSPS) is 19.9. The van der Waals surface area contributed by atoms with Crippen molar-refractivity contribution in [3.05, 3.63) is 29.3 Å². The lowest BCUT2D eigenvalue weighted by Gasteiger charge is -2.37. The van der Waals surface area contributed by atoms with Crippen molar-refractivity contribution in [2.45, 2.75) is 58.9 Å². The third kappa shape index (κ3) is 4.57. The summed E-state index contributed by atoms with van der Waals surface area (Å²) in [6.45, 7) is 12.3. The summed E-state index contributed by atoms with van der Waals surface area (Å²) >= 11 is 0. The third-order valence-electron chi connectivity index (χ3n) is 4.02. The zero-order valence-corrected chi connectivity index (χ0v) is 15.8. The highest BCUT2D eigenvalue weighted by Crippen LogP contribution is 2.35. The van der Waals surface area contributed by atoms with E-state index >= 15 is 0 Å². The van der Waals surface area contributed by atoms with Crippen LogP contribution < -0.4 is 10.1 Å². The fraction of sp³-hybridized carbons (Fsp3) is 0.667. The van der Waals surface area contributed by atoms with Crippen LogP contribution in [0.1, 0.15) is 44.4 Å². The molecule has 1 aliphatic rings. The first-order chi connectivity index (χ1) is 10.3. The van der Waals surface area contributed by atoms with E-state index in [1.807, 2.05) is 0 Å². The molecule has 2 atom stereocenters. The summed E-state index contributed by atoms with van der Waals surface area (Å²) in [5, 5.41) is 3.69. The van der Waals surface area contributed by atoms with E-state index in [1.165, 1.54) is 11.1 Å². The predicted octanol–water partition coefficient (Wildman–Crippen LogP) is 3.95. The fourth-order valence-electron chi connectivity index (χ4n) is 3.17. The van der Waals surface area contributed by atoms with Crippen molar-refractivity contribution in [1.29, 1.82) is 0 Å². The molecule has 1 heterocycles. The fourth-order valence-corrected chi connectivity index (χ4v) is 3.99. The summed E-state index contributed by atoms with van der Waals surface area (Å²) in [6.07, 6.45) is 2.35. The number of hydrogen-bond donors (Lipinski definition) is 1. The monoisotopic (exact) mass is 320 g/mol. The molecule has 0 bridgehead atoms. The second-order valence-corrected chi connectivity index (χ2v) is 9.63. The van der Waals surface area contributed by atoms with Gasteiger partial charge in [0.05, 0.1) is 19.3 Å². The highest BCUT2D eigenvalue weighted by atomic mass is 28.3. The maximum Gasteiger partial charge on any atom is 0.205 e. The molecule has 1 unspecified atom stereocenters. The van der Waals surface area contributed by atoms with Crippen molar-refractivity contribution in [3.8, 4) is 5.75 Å². The summed E-state index contributed by atoms with van der Waals surface area (Å²) < 4.78 is 11.8. The van der Waals surface area contributed by atoms with Crippen LogP contribution in [0.4, 0.5) is 0 Å². The van der Waals surface area contributed by atoms with Crippen molar-refractivity contribution in [2.24, 2.45) is 5.41 Å². The summed E-state index contributed by atoms with van der Waals surface area (Å²) in [4.78, 5) is 0. The quantitative estimate of drug-likeness (QED) is 0.833. The molecule has 1 aliphatic heterocycles. The Labute approximate surface area is 137 Å². The minimum Gasteiger partial charge on any atom is -0.497 e. The Kier molecular flexibility index (Phi) is 5.69. The van der Waals surface area contributed by atoms with E-state index in [2.05, 4.69) is 57.4 Å². The minimum atomic E-state index is -0.732. The Morgan fingerprint density at radius 3 is 2.64 bits per heavy atom. The second-order valence-electron chi connectivity index (χ2n) is 7.58. The first-order valence-electron chi connectivity index (χ1n) is 8.17. The average molecular weight is 321 g/mol. The van der Waals surface area contributed by atoms with E-state index in [-0.39, 0.29) is 17.6 Å². The Bertz CT molecular complexity index is 496. The van der Waals surface area contributed by atoms with Crippen molar-refractivity contribution in [1.82, 2.24) is 5.32 Å². The maximum atomic E-state index is 6.39. The third-order valence-corrected chi connectivity index (χ3v) is 4.79. The van der Waals surface area contributed by atoms with Gasteiger partial charge in [0, 0.05) is 0 Å². The molecule has 0 amide bonds. The van der Waals surface area contributed by atoms with Gasteiger partial charge in [-0.25, -0.2) is 0 Å². The Morgan fingerprint density at radius 2 is 2.05 bits per heavy atom. The molecule has 4 heteroatoms. The lowest BCUT2D eigenvalue weighted by molar-refractivity contribution is 0.103. The summed E-state index contributed by atoms with van der Waals surface area (Å²) in [7, 11) is 0.999. The van der Waals surface area contributed by atoms with Crippen molar-refractivity contribution in [2.75, 3.05) is 13.7 Å². The second kappa shape index (κ2) is 7.15. The summed E-state index contributed by atoms with van der Waals surface area (Å²) in [5.41, 5.74) is 3.03. The van der Waals surface area contributed by atoms with E-state index in [0.29, 0.717) is 0 Å². The van der Waals surface area contributed by atoms with Crippen LogP contribution in [0.3, 0.4) is 0 Å². The molecule has 1 aromatic rings. The summed E-state index contributed by atoms with van der Waals surface area (Å²) in [5.74, 6) is 0.948. The molecule has 2 rings (SSSR count). The molecule has 0 aromatic heterocycles. The number of nitrogens with one attached hydrogen (secondary N) is 1. The molecular weight excluding hydrogens is 290 g/mol. The Morgan fingerprint density at radius 1 is 1.32 bits per heavy atom. The van der Waals surface area contributed by atoms with Crippen LogP contribution in [0.5, 0.6) is 5.75 Å². The lowest BCUT2D eigenvalue weighted by Crippen LogP contribution is -2.42. The van der Waals surface area contributed by atoms with Gasteiger partial charge in [0.2, 0.25) is 9.04 Å². The van der Waals surface area contributed by atoms with Crippen molar-refractivity contribution in [3.63, 3.8) is 0 Å². The van der Waals surface area contributed by atoms with Crippen LogP contribution in [-0.2, 0) is 10.8 Å². The van der Waals surface area contributed by atoms with Crippen LogP contribution in [0, 0.1) is 5.41 Å². The van der Waals surface area contributed by atoms with E-state index < -0.39 is 9.04 Å². The van der Waals surface area contributed by atoms with Crippen LogP contribution >= 0.6 is 0 Å². The van der Waals surface area contributed by atoms with Gasteiger partial charge in [0.15, 0.2) is 0 Å². The summed E-state index contributed by atoms with van der Waals surface area (Å²) in [6, 6.07) is 6.74. The van der Waals surface area contributed by atoms with E-state index in [0.717, 1.165) is 25.1 Å². The van der Waals surface area contributed by atoms with Crippen LogP contribution in [0.25, 0.3) is 0 Å². The predicted molar refractivity (Wildman–Crippen MR) is 93.9 cm³/mol. The molecule has 0 saturated carbocycles. The molecular formula is C18H30NO2Si.